The Balaban J connectivity index is 1.73. The van der Waals surface area contributed by atoms with Gasteiger partial charge in [-0.25, -0.2) is 4.39 Å². The van der Waals surface area contributed by atoms with Gasteiger partial charge in [0.25, 0.3) is 5.91 Å². The van der Waals surface area contributed by atoms with Gasteiger partial charge in [0.1, 0.15) is 11.6 Å². The summed E-state index contributed by atoms with van der Waals surface area (Å²) >= 11 is 5.57. The topological polar surface area (TPSA) is 64.6 Å². The predicted octanol–water partition coefficient (Wildman–Crippen LogP) is 2.71. The molecule has 1 saturated carbocycles. The summed E-state index contributed by atoms with van der Waals surface area (Å²) in [5, 5.41) is 2.86. The minimum atomic E-state index is -0.592. The molecule has 1 aromatic rings. The van der Waals surface area contributed by atoms with Crippen molar-refractivity contribution in [2.24, 2.45) is 5.92 Å². The van der Waals surface area contributed by atoms with Crippen LogP contribution in [0.2, 0.25) is 5.02 Å². The zero-order valence-corrected chi connectivity index (χ0v) is 13.6. The Morgan fingerprint density at radius 1 is 1.30 bits per heavy atom. The summed E-state index contributed by atoms with van der Waals surface area (Å²) < 4.78 is 23.2. The molecule has 5 nitrogen and oxygen atoms in total. The first-order valence-electron chi connectivity index (χ1n) is 7.44. The number of hydrogen-bond donors (Lipinski definition) is 1. The van der Waals surface area contributed by atoms with E-state index in [2.05, 4.69) is 5.32 Å². The van der Waals surface area contributed by atoms with Gasteiger partial charge in [0, 0.05) is 12.1 Å². The molecule has 2 rings (SSSR count). The molecule has 0 unspecified atom stereocenters. The third kappa shape index (κ3) is 5.10. The van der Waals surface area contributed by atoms with Crippen LogP contribution in [0.5, 0.6) is 5.75 Å². The predicted molar refractivity (Wildman–Crippen MR) is 82.8 cm³/mol. The van der Waals surface area contributed by atoms with Crippen LogP contribution < -0.4 is 10.1 Å². The number of nitrogens with one attached hydrogen (secondary N) is 1. The minimum Gasteiger partial charge on any atom is -0.484 e. The van der Waals surface area contributed by atoms with Crippen molar-refractivity contribution in [2.45, 2.75) is 31.7 Å². The molecule has 0 spiro atoms. The van der Waals surface area contributed by atoms with E-state index in [0.29, 0.717) is 12.8 Å². The van der Waals surface area contributed by atoms with Gasteiger partial charge < -0.3 is 14.8 Å². The first-order chi connectivity index (χ1) is 11.0. The second-order valence-corrected chi connectivity index (χ2v) is 5.91. The second-order valence-electron chi connectivity index (χ2n) is 5.50. The minimum absolute atomic E-state index is 0.00386. The zero-order chi connectivity index (χ0) is 16.8. The molecule has 0 atom stereocenters. The molecule has 0 heterocycles. The van der Waals surface area contributed by atoms with Crippen LogP contribution in [-0.4, -0.2) is 31.6 Å². The highest BCUT2D eigenvalue weighted by molar-refractivity contribution is 6.30. The van der Waals surface area contributed by atoms with E-state index in [1.165, 1.54) is 19.2 Å². The molecule has 1 aliphatic carbocycles. The molecular formula is C16H19ClFNO4. The van der Waals surface area contributed by atoms with Crippen LogP contribution in [0.3, 0.4) is 0 Å². The monoisotopic (exact) mass is 343 g/mol. The van der Waals surface area contributed by atoms with Crippen LogP contribution in [0.1, 0.15) is 25.7 Å². The summed E-state index contributed by atoms with van der Waals surface area (Å²) in [4.78, 5) is 23.3. The maximum Gasteiger partial charge on any atom is 0.308 e. The number of amides is 1. The normalized spacial score (nSPS) is 20.7. The van der Waals surface area contributed by atoms with Crippen molar-refractivity contribution < 1.29 is 23.5 Å². The number of esters is 1. The molecule has 0 saturated heterocycles. The van der Waals surface area contributed by atoms with Gasteiger partial charge in [0.15, 0.2) is 6.61 Å². The first-order valence-corrected chi connectivity index (χ1v) is 7.82. The summed E-state index contributed by atoms with van der Waals surface area (Å²) in [5.74, 6) is -0.895. The van der Waals surface area contributed by atoms with Crippen molar-refractivity contribution in [1.82, 2.24) is 5.32 Å². The van der Waals surface area contributed by atoms with Crippen molar-refractivity contribution in [3.8, 4) is 5.75 Å². The molecule has 0 aliphatic heterocycles. The largest absolute Gasteiger partial charge is 0.484 e. The molecule has 7 heteroatoms. The lowest BCUT2D eigenvalue weighted by Gasteiger charge is -2.27. The molecule has 0 radical (unpaired) electrons. The van der Waals surface area contributed by atoms with Crippen molar-refractivity contribution in [3.63, 3.8) is 0 Å². The number of halogens is 2. The van der Waals surface area contributed by atoms with Crippen LogP contribution in [0.4, 0.5) is 4.39 Å². The van der Waals surface area contributed by atoms with Gasteiger partial charge in [0.2, 0.25) is 0 Å². The highest BCUT2D eigenvalue weighted by atomic mass is 35.5. The van der Waals surface area contributed by atoms with Crippen molar-refractivity contribution in [1.29, 1.82) is 0 Å². The number of carbonyl (C=O) groups excluding carboxylic acids is 2. The van der Waals surface area contributed by atoms with E-state index in [1.54, 1.807) is 0 Å². The van der Waals surface area contributed by atoms with Gasteiger partial charge in [-0.15, -0.1) is 0 Å². The molecule has 0 bridgehead atoms. The van der Waals surface area contributed by atoms with Crippen LogP contribution >= 0.6 is 11.6 Å². The molecule has 126 valence electrons. The lowest BCUT2D eigenvalue weighted by Crippen LogP contribution is -2.41. The third-order valence-electron chi connectivity index (χ3n) is 3.89. The number of ether oxygens (including phenoxy) is 2. The van der Waals surface area contributed by atoms with Gasteiger partial charge in [0.05, 0.1) is 18.1 Å². The smallest absolute Gasteiger partial charge is 0.308 e. The Morgan fingerprint density at radius 3 is 2.61 bits per heavy atom. The van der Waals surface area contributed by atoms with E-state index in [4.69, 9.17) is 21.1 Å². The highest BCUT2D eigenvalue weighted by Gasteiger charge is 2.27. The number of methoxy groups -OCH3 is 1. The second kappa shape index (κ2) is 8.15. The molecule has 1 fully saturated rings. The zero-order valence-electron chi connectivity index (χ0n) is 12.8. The SMILES string of the molecule is COC(=O)C1CCC(NC(=O)COc2ccc(Cl)c(F)c2)CC1. The van der Waals surface area contributed by atoms with Gasteiger partial charge >= 0.3 is 5.97 Å². The molecule has 0 aromatic heterocycles. The average Bonchev–Trinajstić information content (AvgIpc) is 2.56. The summed E-state index contributed by atoms with van der Waals surface area (Å²) in [6.07, 6.45) is 2.84. The van der Waals surface area contributed by atoms with Crippen LogP contribution in [-0.2, 0) is 14.3 Å². The molecule has 1 aliphatic rings. The average molecular weight is 344 g/mol. The fraction of sp³-hybridized carbons (Fsp3) is 0.500. The number of carbonyl (C=O) groups is 2. The Morgan fingerprint density at radius 2 is 2.00 bits per heavy atom. The fourth-order valence-electron chi connectivity index (χ4n) is 2.62. The van der Waals surface area contributed by atoms with Gasteiger partial charge in [-0.2, -0.15) is 0 Å². The van der Waals surface area contributed by atoms with E-state index >= 15 is 0 Å². The molecule has 1 amide bonds. The molecule has 1 aromatic carbocycles. The lowest BCUT2D eigenvalue weighted by molar-refractivity contribution is -0.146. The van der Waals surface area contributed by atoms with Crippen LogP contribution in [0.15, 0.2) is 18.2 Å². The Kier molecular flexibility index (Phi) is 6.21. The molecular weight excluding hydrogens is 325 g/mol. The third-order valence-corrected chi connectivity index (χ3v) is 4.19. The van der Waals surface area contributed by atoms with Gasteiger partial charge in [-0.05, 0) is 37.8 Å². The van der Waals surface area contributed by atoms with Crippen molar-refractivity contribution in [2.75, 3.05) is 13.7 Å². The Hall–Kier alpha value is -1.82. The van der Waals surface area contributed by atoms with Crippen molar-refractivity contribution in [3.05, 3.63) is 29.0 Å². The number of benzene rings is 1. The van der Waals surface area contributed by atoms with E-state index < -0.39 is 5.82 Å². The van der Waals surface area contributed by atoms with Crippen LogP contribution in [0, 0.1) is 11.7 Å². The summed E-state index contributed by atoms with van der Waals surface area (Å²) in [5.41, 5.74) is 0. The fourth-order valence-corrected chi connectivity index (χ4v) is 2.74. The lowest BCUT2D eigenvalue weighted by atomic mass is 9.86. The van der Waals surface area contributed by atoms with E-state index in [-0.39, 0.29) is 41.2 Å². The summed E-state index contributed by atoms with van der Waals surface area (Å²) in [6.45, 7) is -0.196. The standard InChI is InChI=1S/C16H19ClFNO4/c1-22-16(21)10-2-4-11(5-3-10)19-15(20)9-23-12-6-7-13(17)14(18)8-12/h6-8,10-11H,2-5,9H2,1H3,(H,19,20). The quantitative estimate of drug-likeness (QED) is 0.835. The summed E-state index contributed by atoms with van der Waals surface area (Å²) in [6, 6.07) is 4.03. The summed E-state index contributed by atoms with van der Waals surface area (Å²) in [7, 11) is 1.38. The Bertz CT molecular complexity index is 573. The number of rotatable bonds is 5. The van der Waals surface area contributed by atoms with Gasteiger partial charge in [-0.1, -0.05) is 11.6 Å². The van der Waals surface area contributed by atoms with Crippen LogP contribution in [0.25, 0.3) is 0 Å². The molecule has 23 heavy (non-hydrogen) atoms. The maximum absolute atomic E-state index is 13.3. The highest BCUT2D eigenvalue weighted by Crippen LogP contribution is 2.25. The van der Waals surface area contributed by atoms with Crippen molar-refractivity contribution >= 4 is 23.5 Å². The number of hydrogen-bond acceptors (Lipinski definition) is 4. The Labute approximate surface area is 139 Å². The molecule has 1 N–H and O–H groups in total. The first kappa shape index (κ1) is 17.5. The van der Waals surface area contributed by atoms with Gasteiger partial charge in [-0.3, -0.25) is 9.59 Å². The van der Waals surface area contributed by atoms with E-state index in [0.717, 1.165) is 18.9 Å². The van der Waals surface area contributed by atoms with E-state index in [1.807, 2.05) is 0 Å². The van der Waals surface area contributed by atoms with E-state index in [9.17, 15) is 14.0 Å². The maximum atomic E-state index is 13.3.